The molecule has 1 aliphatic heterocycles. The maximum absolute atomic E-state index is 13.5. The smallest absolute Gasteiger partial charge is 0.228 e. The molecule has 6 rings (SSSR count). The minimum absolute atomic E-state index is 0.112. The van der Waals surface area contributed by atoms with Crippen molar-refractivity contribution in [2.45, 2.75) is 53.1 Å². The van der Waals surface area contributed by atoms with Crippen LogP contribution >= 0.6 is 0 Å². The second-order valence-corrected chi connectivity index (χ2v) is 10.5. The number of carbonyl (C=O) groups excluding carboxylic acids is 1. The molecule has 2 aromatic heterocycles. The van der Waals surface area contributed by atoms with Gasteiger partial charge in [-0.25, -0.2) is 14.5 Å². The van der Waals surface area contributed by atoms with Crippen molar-refractivity contribution in [2.24, 2.45) is 5.41 Å². The molecule has 1 aliphatic carbocycles. The van der Waals surface area contributed by atoms with E-state index in [1.807, 2.05) is 62.4 Å². The molecule has 2 aliphatic rings. The predicted octanol–water partition coefficient (Wildman–Crippen LogP) is 5.49. The van der Waals surface area contributed by atoms with E-state index < -0.39 is 0 Å². The number of aromatic nitrogens is 4. The number of benzene rings is 2. The van der Waals surface area contributed by atoms with E-state index in [9.17, 15) is 4.79 Å². The fourth-order valence-electron chi connectivity index (χ4n) is 5.39. The van der Waals surface area contributed by atoms with E-state index in [0.717, 1.165) is 28.0 Å². The molecule has 7 nitrogen and oxygen atoms in total. The number of hydrogen-bond acceptors (Lipinski definition) is 6. The first-order valence-corrected chi connectivity index (χ1v) is 12.2. The first-order valence-electron chi connectivity index (χ1n) is 12.2. The van der Waals surface area contributed by atoms with Crippen LogP contribution in [0, 0.1) is 19.3 Å². The second kappa shape index (κ2) is 8.29. The third-order valence-corrected chi connectivity index (χ3v) is 6.99. The minimum Gasteiger partial charge on any atom is -0.485 e. The van der Waals surface area contributed by atoms with Crippen LogP contribution in [0.15, 0.2) is 66.2 Å². The Balaban J connectivity index is 1.46. The van der Waals surface area contributed by atoms with Gasteiger partial charge in [-0.1, -0.05) is 62.4 Å². The van der Waals surface area contributed by atoms with E-state index in [4.69, 9.17) is 14.5 Å². The van der Waals surface area contributed by atoms with Gasteiger partial charge in [-0.3, -0.25) is 4.79 Å². The zero-order chi connectivity index (χ0) is 25.0. The molecule has 0 N–H and O–H groups in total. The summed E-state index contributed by atoms with van der Waals surface area (Å²) >= 11 is 0. The fourth-order valence-corrected chi connectivity index (χ4v) is 5.39. The number of ketones is 1. The Hall–Kier alpha value is -4.00. The molecule has 0 saturated heterocycles. The highest BCUT2D eigenvalue weighted by atomic mass is 16.5. The molecule has 7 heteroatoms. The molecular weight excluding hydrogens is 452 g/mol. The lowest BCUT2D eigenvalue weighted by Gasteiger charge is -2.37. The molecule has 1 atom stereocenters. The molecule has 0 amide bonds. The molecule has 0 saturated carbocycles. The average molecular weight is 481 g/mol. The third-order valence-electron chi connectivity index (χ3n) is 6.99. The summed E-state index contributed by atoms with van der Waals surface area (Å²) in [6.45, 7) is 8.47. The summed E-state index contributed by atoms with van der Waals surface area (Å²) in [6, 6.07) is 16.1. The first kappa shape index (κ1) is 22.5. The van der Waals surface area contributed by atoms with Crippen LogP contribution in [0.25, 0.3) is 5.65 Å². The number of carbonyl (C=O) groups is 1. The summed E-state index contributed by atoms with van der Waals surface area (Å²) < 4.78 is 14.1. The number of fused-ring (bicyclic) bond motifs is 3. The quantitative estimate of drug-likeness (QED) is 0.384. The summed E-state index contributed by atoms with van der Waals surface area (Å²) in [5, 5.41) is 4.63. The van der Waals surface area contributed by atoms with Crippen molar-refractivity contribution in [3.8, 4) is 11.6 Å². The van der Waals surface area contributed by atoms with Crippen molar-refractivity contribution in [1.29, 1.82) is 0 Å². The van der Waals surface area contributed by atoms with Crippen LogP contribution in [-0.4, -0.2) is 25.4 Å². The average Bonchev–Trinajstić information content (AvgIpc) is 3.25. The van der Waals surface area contributed by atoms with Crippen molar-refractivity contribution in [3.63, 3.8) is 0 Å². The van der Waals surface area contributed by atoms with E-state index in [0.29, 0.717) is 41.5 Å². The van der Waals surface area contributed by atoms with Gasteiger partial charge < -0.3 is 9.47 Å². The zero-order valence-corrected chi connectivity index (χ0v) is 20.9. The highest BCUT2D eigenvalue weighted by Gasteiger charge is 2.43. The zero-order valence-electron chi connectivity index (χ0n) is 20.9. The molecule has 0 bridgehead atoms. The van der Waals surface area contributed by atoms with Gasteiger partial charge >= 0.3 is 0 Å². The van der Waals surface area contributed by atoms with Crippen molar-refractivity contribution in [3.05, 3.63) is 94.3 Å². The standard InChI is InChI=1S/C29H28N4O3/c1-17-9-8-10-18(2)26(17)35-15-22-31-27-25-23(19-11-6-5-7-12-19)24-20(34)13-29(3,4)14-21(24)36-28(25)30-16-33(27)32-22/h5-12,16,23H,13-15H2,1-4H3. The van der Waals surface area contributed by atoms with Crippen LogP contribution in [0.5, 0.6) is 11.6 Å². The van der Waals surface area contributed by atoms with Gasteiger partial charge in [0, 0.05) is 24.3 Å². The molecule has 36 heavy (non-hydrogen) atoms. The van der Waals surface area contributed by atoms with Crippen molar-refractivity contribution in [1.82, 2.24) is 19.6 Å². The van der Waals surface area contributed by atoms with Gasteiger partial charge in [-0.15, -0.1) is 5.10 Å². The topological polar surface area (TPSA) is 78.6 Å². The molecule has 0 fully saturated rings. The predicted molar refractivity (Wildman–Crippen MR) is 135 cm³/mol. The van der Waals surface area contributed by atoms with Crippen molar-refractivity contribution in [2.75, 3.05) is 0 Å². The molecule has 4 aromatic rings. The Bertz CT molecular complexity index is 1510. The van der Waals surface area contributed by atoms with E-state index >= 15 is 0 Å². The van der Waals surface area contributed by atoms with E-state index in [1.165, 1.54) is 0 Å². The molecule has 0 radical (unpaired) electrons. The Kier molecular flexibility index (Phi) is 5.18. The minimum atomic E-state index is -0.318. The van der Waals surface area contributed by atoms with E-state index in [1.54, 1.807) is 10.8 Å². The lowest BCUT2D eigenvalue weighted by molar-refractivity contribution is -0.118. The van der Waals surface area contributed by atoms with Crippen LogP contribution in [0.4, 0.5) is 0 Å². The first-order chi connectivity index (χ1) is 17.3. The number of ether oxygens (including phenoxy) is 2. The SMILES string of the molecule is Cc1cccc(C)c1OCc1nc2c3c(ncn2n1)OC1=C(C(=O)CC(C)(C)C1)C3c1ccccc1. The maximum atomic E-state index is 13.5. The molecule has 182 valence electrons. The van der Waals surface area contributed by atoms with Crippen molar-refractivity contribution >= 4 is 11.4 Å². The maximum Gasteiger partial charge on any atom is 0.228 e. The lowest BCUT2D eigenvalue weighted by Crippen LogP contribution is -2.33. The van der Waals surface area contributed by atoms with E-state index in [2.05, 4.69) is 23.9 Å². The normalized spacial score (nSPS) is 18.6. The number of nitrogens with zero attached hydrogens (tertiary/aromatic N) is 4. The summed E-state index contributed by atoms with van der Waals surface area (Å²) in [7, 11) is 0. The van der Waals surface area contributed by atoms with Gasteiger partial charge in [-0.05, 0) is 36.0 Å². The Morgan fingerprint density at radius 1 is 1.06 bits per heavy atom. The van der Waals surface area contributed by atoms with Gasteiger partial charge in [0.15, 0.2) is 17.3 Å². The number of Topliss-reactive ketones (excluding diaryl/α,β-unsaturated/α-hetero) is 1. The van der Waals surface area contributed by atoms with Crippen LogP contribution in [0.3, 0.4) is 0 Å². The van der Waals surface area contributed by atoms with Gasteiger partial charge in [-0.2, -0.15) is 0 Å². The number of para-hydroxylation sites is 1. The Labute approximate surface area is 209 Å². The number of hydrogen-bond donors (Lipinski definition) is 0. The van der Waals surface area contributed by atoms with Gasteiger partial charge in [0.05, 0.1) is 5.56 Å². The summed E-state index contributed by atoms with van der Waals surface area (Å²) in [6.07, 6.45) is 2.78. The van der Waals surface area contributed by atoms with Gasteiger partial charge in [0.1, 0.15) is 24.4 Å². The Morgan fingerprint density at radius 3 is 2.56 bits per heavy atom. The lowest BCUT2D eigenvalue weighted by atomic mass is 9.70. The highest BCUT2D eigenvalue weighted by Crippen LogP contribution is 2.50. The molecule has 0 spiro atoms. The summed E-state index contributed by atoms with van der Waals surface area (Å²) in [5.41, 5.74) is 5.07. The highest BCUT2D eigenvalue weighted by molar-refractivity contribution is 6.00. The fraction of sp³-hybridized carbons (Fsp3) is 0.310. The van der Waals surface area contributed by atoms with Crippen LogP contribution in [-0.2, 0) is 11.4 Å². The van der Waals surface area contributed by atoms with Crippen LogP contribution in [0.2, 0.25) is 0 Å². The van der Waals surface area contributed by atoms with Crippen LogP contribution < -0.4 is 9.47 Å². The monoisotopic (exact) mass is 480 g/mol. The molecular formula is C29H28N4O3. The molecule has 1 unspecified atom stereocenters. The summed E-state index contributed by atoms with van der Waals surface area (Å²) in [4.78, 5) is 22.9. The number of allylic oxidation sites excluding steroid dienone is 2. The second-order valence-electron chi connectivity index (χ2n) is 10.5. The molecule has 3 heterocycles. The number of aryl methyl sites for hydroxylation is 2. The van der Waals surface area contributed by atoms with Gasteiger partial charge in [0.2, 0.25) is 5.88 Å². The largest absolute Gasteiger partial charge is 0.485 e. The van der Waals surface area contributed by atoms with Crippen LogP contribution in [0.1, 0.15) is 60.7 Å². The Morgan fingerprint density at radius 2 is 1.81 bits per heavy atom. The molecule has 2 aromatic carbocycles. The van der Waals surface area contributed by atoms with E-state index in [-0.39, 0.29) is 23.7 Å². The number of rotatable bonds is 4. The summed E-state index contributed by atoms with van der Waals surface area (Å²) in [5.74, 6) is 2.37. The third kappa shape index (κ3) is 3.75. The van der Waals surface area contributed by atoms with Crippen molar-refractivity contribution < 1.29 is 14.3 Å². The van der Waals surface area contributed by atoms with Gasteiger partial charge in [0.25, 0.3) is 0 Å².